The number of likely N-dealkylation sites (tertiary alicyclic amines) is 1. The third-order valence-electron chi connectivity index (χ3n) is 4.17. The normalized spacial score (nSPS) is 21.4. The topological polar surface area (TPSA) is 57.9 Å². The standard InChI is InChI=1S/C14H26N4/c1-11-14(12(2)17-16-11)7-5-9-18-8-4-3-6-13(18)10-15/h13H,3-10,15H2,1-2H3,(H,16,17)/t13-/m1/s1. The van der Waals surface area contributed by atoms with Crippen molar-refractivity contribution in [1.29, 1.82) is 0 Å². The van der Waals surface area contributed by atoms with Gasteiger partial charge in [0.05, 0.1) is 5.69 Å². The van der Waals surface area contributed by atoms with Gasteiger partial charge in [0.2, 0.25) is 0 Å². The number of nitrogens with one attached hydrogen (secondary N) is 1. The molecule has 0 unspecified atom stereocenters. The third kappa shape index (κ3) is 3.12. The van der Waals surface area contributed by atoms with Crippen molar-refractivity contribution in [1.82, 2.24) is 15.1 Å². The minimum absolute atomic E-state index is 0.616. The second kappa shape index (κ2) is 6.34. The van der Waals surface area contributed by atoms with Gasteiger partial charge < -0.3 is 5.73 Å². The van der Waals surface area contributed by atoms with Crippen molar-refractivity contribution < 1.29 is 0 Å². The molecule has 4 nitrogen and oxygen atoms in total. The van der Waals surface area contributed by atoms with E-state index in [1.807, 2.05) is 0 Å². The molecule has 0 amide bonds. The SMILES string of the molecule is Cc1n[nH]c(C)c1CCCN1CCCC[C@@H]1CN. The van der Waals surface area contributed by atoms with E-state index in [-0.39, 0.29) is 0 Å². The number of aryl methyl sites for hydroxylation is 2. The molecule has 1 aliphatic heterocycles. The first kappa shape index (κ1) is 13.6. The number of H-pyrrole nitrogens is 1. The molecule has 1 fully saturated rings. The predicted octanol–water partition coefficient (Wildman–Crippen LogP) is 1.77. The van der Waals surface area contributed by atoms with Crippen molar-refractivity contribution in [3.63, 3.8) is 0 Å². The van der Waals surface area contributed by atoms with Gasteiger partial charge in [0.25, 0.3) is 0 Å². The van der Waals surface area contributed by atoms with E-state index in [0.717, 1.165) is 18.7 Å². The number of aromatic nitrogens is 2. The van der Waals surface area contributed by atoms with Crippen molar-refractivity contribution in [2.75, 3.05) is 19.6 Å². The van der Waals surface area contributed by atoms with Gasteiger partial charge in [0.1, 0.15) is 0 Å². The van der Waals surface area contributed by atoms with Crippen LogP contribution in [0.15, 0.2) is 0 Å². The van der Waals surface area contributed by atoms with Crippen molar-refractivity contribution in [3.05, 3.63) is 17.0 Å². The summed E-state index contributed by atoms with van der Waals surface area (Å²) in [4.78, 5) is 2.58. The molecule has 0 radical (unpaired) electrons. The molecule has 0 bridgehead atoms. The third-order valence-corrected chi connectivity index (χ3v) is 4.17. The van der Waals surface area contributed by atoms with Crippen molar-refractivity contribution >= 4 is 0 Å². The van der Waals surface area contributed by atoms with Crippen LogP contribution in [0, 0.1) is 13.8 Å². The van der Waals surface area contributed by atoms with Crippen LogP contribution in [0.3, 0.4) is 0 Å². The van der Waals surface area contributed by atoms with Crippen LogP contribution >= 0.6 is 0 Å². The average molecular weight is 250 g/mol. The van der Waals surface area contributed by atoms with Crippen LogP contribution in [0.2, 0.25) is 0 Å². The molecule has 1 atom stereocenters. The van der Waals surface area contributed by atoms with Gasteiger partial charge in [-0.3, -0.25) is 10.00 Å². The van der Waals surface area contributed by atoms with Crippen LogP contribution < -0.4 is 5.73 Å². The molecule has 0 saturated carbocycles. The van der Waals surface area contributed by atoms with E-state index in [1.54, 1.807) is 0 Å². The molecule has 1 saturated heterocycles. The number of aromatic amines is 1. The molecule has 18 heavy (non-hydrogen) atoms. The quantitative estimate of drug-likeness (QED) is 0.837. The molecule has 4 heteroatoms. The Morgan fingerprint density at radius 3 is 2.89 bits per heavy atom. The van der Waals surface area contributed by atoms with Gasteiger partial charge in [-0.2, -0.15) is 5.10 Å². The molecule has 3 N–H and O–H groups in total. The van der Waals surface area contributed by atoms with Gasteiger partial charge >= 0.3 is 0 Å². The molecule has 0 spiro atoms. The fraction of sp³-hybridized carbons (Fsp3) is 0.786. The first-order chi connectivity index (χ1) is 8.72. The highest BCUT2D eigenvalue weighted by atomic mass is 15.2. The highest BCUT2D eigenvalue weighted by Crippen LogP contribution is 2.18. The number of piperidine rings is 1. The number of hydrogen-bond acceptors (Lipinski definition) is 3. The van der Waals surface area contributed by atoms with Crippen LogP contribution in [0.4, 0.5) is 0 Å². The lowest BCUT2D eigenvalue weighted by atomic mass is 10.0. The second-order valence-electron chi connectivity index (χ2n) is 5.44. The minimum Gasteiger partial charge on any atom is -0.329 e. The zero-order valence-electron chi connectivity index (χ0n) is 11.7. The van der Waals surface area contributed by atoms with E-state index in [0.29, 0.717) is 6.04 Å². The van der Waals surface area contributed by atoms with E-state index >= 15 is 0 Å². The first-order valence-electron chi connectivity index (χ1n) is 7.17. The summed E-state index contributed by atoms with van der Waals surface area (Å²) in [6, 6.07) is 0.616. The van der Waals surface area contributed by atoms with Crippen LogP contribution in [0.25, 0.3) is 0 Å². The van der Waals surface area contributed by atoms with Crippen LogP contribution in [-0.4, -0.2) is 40.8 Å². The molecule has 0 aliphatic carbocycles. The largest absolute Gasteiger partial charge is 0.329 e. The van der Waals surface area contributed by atoms with E-state index in [2.05, 4.69) is 28.9 Å². The fourth-order valence-corrected chi connectivity index (χ4v) is 3.02. The number of rotatable bonds is 5. The molecular formula is C14H26N4. The highest BCUT2D eigenvalue weighted by molar-refractivity contribution is 5.23. The molecule has 2 heterocycles. The maximum Gasteiger partial charge on any atom is 0.0625 e. The lowest BCUT2D eigenvalue weighted by Gasteiger charge is -2.34. The maximum atomic E-state index is 5.85. The number of hydrogen-bond donors (Lipinski definition) is 2. The number of nitrogens with zero attached hydrogens (tertiary/aromatic N) is 2. The van der Waals surface area contributed by atoms with Crippen molar-refractivity contribution in [3.8, 4) is 0 Å². The summed E-state index contributed by atoms with van der Waals surface area (Å²) in [6.07, 6.45) is 6.29. The zero-order valence-corrected chi connectivity index (χ0v) is 11.7. The van der Waals surface area contributed by atoms with E-state index in [9.17, 15) is 0 Å². The Bertz CT molecular complexity index is 352. The smallest absolute Gasteiger partial charge is 0.0625 e. The summed E-state index contributed by atoms with van der Waals surface area (Å²) in [5.74, 6) is 0. The molecule has 1 aromatic heterocycles. The summed E-state index contributed by atoms with van der Waals surface area (Å²) < 4.78 is 0. The lowest BCUT2D eigenvalue weighted by Crippen LogP contribution is -2.44. The summed E-state index contributed by atoms with van der Waals surface area (Å²) in [6.45, 7) is 7.41. The molecule has 0 aromatic carbocycles. The average Bonchev–Trinajstić information content (AvgIpc) is 2.71. The van der Waals surface area contributed by atoms with E-state index in [1.165, 1.54) is 50.0 Å². The number of nitrogens with two attached hydrogens (primary N) is 1. The van der Waals surface area contributed by atoms with Gasteiger partial charge in [0, 0.05) is 18.3 Å². The van der Waals surface area contributed by atoms with Crippen LogP contribution in [0.5, 0.6) is 0 Å². The van der Waals surface area contributed by atoms with Gasteiger partial charge in [-0.05, 0) is 58.2 Å². The van der Waals surface area contributed by atoms with Crippen molar-refractivity contribution in [2.24, 2.45) is 5.73 Å². The summed E-state index contributed by atoms with van der Waals surface area (Å²) >= 11 is 0. The van der Waals surface area contributed by atoms with Gasteiger partial charge in [-0.1, -0.05) is 6.42 Å². The second-order valence-corrected chi connectivity index (χ2v) is 5.44. The Kier molecular flexibility index (Phi) is 4.78. The Labute approximate surface area is 110 Å². The van der Waals surface area contributed by atoms with E-state index in [4.69, 9.17) is 5.73 Å². The minimum atomic E-state index is 0.616. The predicted molar refractivity (Wildman–Crippen MR) is 74.6 cm³/mol. The lowest BCUT2D eigenvalue weighted by molar-refractivity contribution is 0.151. The Morgan fingerprint density at radius 2 is 2.22 bits per heavy atom. The first-order valence-corrected chi connectivity index (χ1v) is 7.17. The summed E-state index contributed by atoms with van der Waals surface area (Å²) in [5, 5.41) is 7.32. The Hall–Kier alpha value is -0.870. The Morgan fingerprint density at radius 1 is 1.39 bits per heavy atom. The van der Waals surface area contributed by atoms with Crippen molar-refractivity contribution in [2.45, 2.75) is 52.0 Å². The van der Waals surface area contributed by atoms with Gasteiger partial charge in [0.15, 0.2) is 0 Å². The monoisotopic (exact) mass is 250 g/mol. The van der Waals surface area contributed by atoms with Gasteiger partial charge in [-0.25, -0.2) is 0 Å². The molecule has 2 rings (SSSR count). The summed E-state index contributed by atoms with van der Waals surface area (Å²) in [7, 11) is 0. The Balaban J connectivity index is 1.81. The molecule has 1 aromatic rings. The van der Waals surface area contributed by atoms with Crippen LogP contribution in [0.1, 0.15) is 42.6 Å². The molecule has 1 aliphatic rings. The molecule has 102 valence electrons. The highest BCUT2D eigenvalue weighted by Gasteiger charge is 2.20. The van der Waals surface area contributed by atoms with E-state index < -0.39 is 0 Å². The van der Waals surface area contributed by atoms with Crippen LogP contribution in [-0.2, 0) is 6.42 Å². The van der Waals surface area contributed by atoms with Gasteiger partial charge in [-0.15, -0.1) is 0 Å². The summed E-state index contributed by atoms with van der Waals surface area (Å²) in [5.41, 5.74) is 9.63. The molecular weight excluding hydrogens is 224 g/mol. The zero-order chi connectivity index (χ0) is 13.0. The maximum absolute atomic E-state index is 5.85. The fourth-order valence-electron chi connectivity index (χ4n) is 3.02.